The summed E-state index contributed by atoms with van der Waals surface area (Å²) < 4.78 is 4.12. The molecule has 0 rings (SSSR count). The summed E-state index contributed by atoms with van der Waals surface area (Å²) in [6.45, 7) is 4.29. The maximum absolute atomic E-state index is 11.1. The van der Waals surface area contributed by atoms with Gasteiger partial charge in [-0.05, 0) is 13.8 Å². The van der Waals surface area contributed by atoms with Crippen molar-refractivity contribution in [2.24, 2.45) is 0 Å². The summed E-state index contributed by atoms with van der Waals surface area (Å²) in [6, 6.07) is 0. The third-order valence-corrected chi connectivity index (χ3v) is 1.45. The van der Waals surface area contributed by atoms with E-state index in [4.69, 9.17) is 9.57 Å². The topological polar surface area (TPSA) is 47.6 Å². The molecule has 1 amide bonds. The van der Waals surface area contributed by atoms with Gasteiger partial charge in [-0.1, -0.05) is 15.9 Å². The molecule has 0 saturated heterocycles. The molecule has 1 N–H and O–H groups in total. The number of hydrogen-bond acceptors (Lipinski definition) is 3. The fraction of sp³-hybridized carbons (Fsp3) is 0.857. The van der Waals surface area contributed by atoms with Crippen LogP contribution in [0.1, 0.15) is 13.8 Å². The van der Waals surface area contributed by atoms with Crippen LogP contribution < -0.4 is 5.48 Å². The molecule has 0 aliphatic heterocycles. The molecule has 0 radical (unpaired) electrons. The Labute approximate surface area is 80.7 Å². The smallest absolute Gasteiger partial charge is 0.259 e. The van der Waals surface area contributed by atoms with E-state index in [-0.39, 0.29) is 5.91 Å². The molecule has 0 saturated carbocycles. The molecule has 0 aromatic carbocycles. The lowest BCUT2D eigenvalue weighted by Crippen LogP contribution is -2.38. The summed E-state index contributed by atoms with van der Waals surface area (Å²) in [5.41, 5.74) is 2.29. The molecule has 0 aliphatic carbocycles. The Morgan fingerprint density at radius 3 is 2.50 bits per heavy atom. The van der Waals surface area contributed by atoms with Gasteiger partial charge in [0.1, 0.15) is 4.32 Å². The molecule has 12 heavy (non-hydrogen) atoms. The van der Waals surface area contributed by atoms with Crippen molar-refractivity contribution in [1.29, 1.82) is 0 Å². The van der Waals surface area contributed by atoms with Gasteiger partial charge in [0.05, 0.1) is 13.2 Å². The van der Waals surface area contributed by atoms with E-state index in [1.54, 1.807) is 21.0 Å². The molecule has 0 bridgehead atoms. The molecule has 0 spiro atoms. The van der Waals surface area contributed by atoms with E-state index in [0.717, 1.165) is 0 Å². The van der Waals surface area contributed by atoms with Crippen LogP contribution in [0, 0.1) is 0 Å². The van der Waals surface area contributed by atoms with Gasteiger partial charge in [0.2, 0.25) is 0 Å². The van der Waals surface area contributed by atoms with Gasteiger partial charge in [-0.3, -0.25) is 9.63 Å². The third-order valence-electron chi connectivity index (χ3n) is 1.09. The highest BCUT2D eigenvalue weighted by molar-refractivity contribution is 9.10. The lowest BCUT2D eigenvalue weighted by atomic mass is 10.2. The molecule has 0 unspecified atom stereocenters. The number of rotatable bonds is 5. The van der Waals surface area contributed by atoms with Gasteiger partial charge in [0, 0.05) is 7.11 Å². The molecule has 72 valence electrons. The van der Waals surface area contributed by atoms with Crippen LogP contribution in [-0.4, -0.2) is 30.6 Å². The second kappa shape index (κ2) is 5.50. The van der Waals surface area contributed by atoms with Crippen LogP contribution in [0.15, 0.2) is 0 Å². The minimum atomic E-state index is -0.597. The number of amides is 1. The lowest BCUT2D eigenvalue weighted by Gasteiger charge is -2.14. The molecule has 0 aliphatic rings. The lowest BCUT2D eigenvalue weighted by molar-refractivity contribution is -0.136. The van der Waals surface area contributed by atoms with Crippen molar-refractivity contribution in [1.82, 2.24) is 5.48 Å². The van der Waals surface area contributed by atoms with Crippen molar-refractivity contribution in [3.8, 4) is 0 Å². The largest absolute Gasteiger partial charge is 0.382 e. The zero-order valence-corrected chi connectivity index (χ0v) is 9.10. The number of halogens is 1. The first-order chi connectivity index (χ1) is 5.48. The van der Waals surface area contributed by atoms with Gasteiger partial charge < -0.3 is 4.74 Å². The average Bonchev–Trinajstić information content (AvgIpc) is 1.96. The number of ether oxygens (including phenoxy) is 1. The fourth-order valence-electron chi connectivity index (χ4n) is 0.363. The van der Waals surface area contributed by atoms with Crippen LogP contribution in [0.4, 0.5) is 0 Å². The van der Waals surface area contributed by atoms with Gasteiger partial charge in [-0.25, -0.2) is 5.48 Å². The Bertz CT molecular complexity index is 144. The Morgan fingerprint density at radius 2 is 2.08 bits per heavy atom. The highest BCUT2D eigenvalue weighted by Crippen LogP contribution is 2.14. The summed E-state index contributed by atoms with van der Waals surface area (Å²) >= 11 is 3.19. The Hall–Kier alpha value is -0.130. The highest BCUT2D eigenvalue weighted by atomic mass is 79.9. The first kappa shape index (κ1) is 11.9. The normalized spacial score (nSPS) is 11.3. The highest BCUT2D eigenvalue weighted by Gasteiger charge is 2.23. The number of carbonyl (C=O) groups excluding carboxylic acids is 1. The molecule has 0 atom stereocenters. The average molecular weight is 240 g/mol. The van der Waals surface area contributed by atoms with Crippen LogP contribution >= 0.6 is 15.9 Å². The van der Waals surface area contributed by atoms with E-state index in [1.807, 2.05) is 0 Å². The number of nitrogens with one attached hydrogen (secondary N) is 1. The summed E-state index contributed by atoms with van der Waals surface area (Å²) in [6.07, 6.45) is 0. The Balaban J connectivity index is 3.45. The van der Waals surface area contributed by atoms with E-state index >= 15 is 0 Å². The molecule has 5 heteroatoms. The number of hydroxylamine groups is 1. The molecule has 0 heterocycles. The van der Waals surface area contributed by atoms with Crippen LogP contribution in [-0.2, 0) is 14.4 Å². The Morgan fingerprint density at radius 1 is 1.50 bits per heavy atom. The fourth-order valence-corrected chi connectivity index (χ4v) is 0.444. The zero-order valence-electron chi connectivity index (χ0n) is 7.52. The maximum atomic E-state index is 11.1. The molecule has 0 aromatic rings. The van der Waals surface area contributed by atoms with E-state index in [0.29, 0.717) is 13.2 Å². The number of methoxy groups -OCH3 is 1. The van der Waals surface area contributed by atoms with Crippen molar-refractivity contribution in [2.75, 3.05) is 20.3 Å². The summed E-state index contributed by atoms with van der Waals surface area (Å²) in [7, 11) is 1.57. The first-order valence-electron chi connectivity index (χ1n) is 3.58. The monoisotopic (exact) mass is 239 g/mol. The first-order valence-corrected chi connectivity index (χ1v) is 4.38. The summed E-state index contributed by atoms with van der Waals surface area (Å²) in [4.78, 5) is 15.9. The third kappa shape index (κ3) is 5.51. The van der Waals surface area contributed by atoms with Crippen LogP contribution in [0.5, 0.6) is 0 Å². The second-order valence-electron chi connectivity index (χ2n) is 2.74. The van der Waals surface area contributed by atoms with Crippen molar-refractivity contribution in [3.63, 3.8) is 0 Å². The van der Waals surface area contributed by atoms with Gasteiger partial charge in [-0.2, -0.15) is 0 Å². The summed E-state index contributed by atoms with van der Waals surface area (Å²) in [5, 5.41) is 0. The van der Waals surface area contributed by atoms with Crippen molar-refractivity contribution in [3.05, 3.63) is 0 Å². The summed E-state index contributed by atoms with van der Waals surface area (Å²) in [5.74, 6) is -0.210. The predicted octanol–water partition coefficient (Wildman–Crippen LogP) is 0.854. The quantitative estimate of drug-likeness (QED) is 0.440. The van der Waals surface area contributed by atoms with Crippen LogP contribution in [0.25, 0.3) is 0 Å². The van der Waals surface area contributed by atoms with E-state index in [2.05, 4.69) is 21.4 Å². The molecule has 0 aromatic heterocycles. The van der Waals surface area contributed by atoms with Crippen molar-refractivity contribution in [2.45, 2.75) is 18.2 Å². The maximum Gasteiger partial charge on any atom is 0.259 e. The second-order valence-corrected chi connectivity index (χ2v) is 4.73. The SMILES string of the molecule is COCCONC(=O)C(C)(C)Br. The molecular formula is C7H14BrNO3. The van der Waals surface area contributed by atoms with Gasteiger partial charge in [-0.15, -0.1) is 0 Å². The van der Waals surface area contributed by atoms with Gasteiger partial charge >= 0.3 is 0 Å². The van der Waals surface area contributed by atoms with Crippen molar-refractivity contribution >= 4 is 21.8 Å². The number of hydrogen-bond donors (Lipinski definition) is 1. The number of carbonyl (C=O) groups is 1. The van der Waals surface area contributed by atoms with Gasteiger partial charge in [0.25, 0.3) is 5.91 Å². The van der Waals surface area contributed by atoms with E-state index < -0.39 is 4.32 Å². The standard InChI is InChI=1S/C7H14BrNO3/c1-7(2,8)6(10)9-12-5-4-11-3/h4-5H2,1-3H3,(H,9,10). The van der Waals surface area contributed by atoms with E-state index in [1.165, 1.54) is 0 Å². The predicted molar refractivity (Wildman–Crippen MR) is 49.0 cm³/mol. The van der Waals surface area contributed by atoms with Gasteiger partial charge in [0.15, 0.2) is 0 Å². The Kier molecular flexibility index (Phi) is 5.44. The van der Waals surface area contributed by atoms with E-state index in [9.17, 15) is 4.79 Å². The van der Waals surface area contributed by atoms with Crippen molar-refractivity contribution < 1.29 is 14.4 Å². The zero-order chi connectivity index (χ0) is 9.61. The minimum absolute atomic E-state index is 0.210. The minimum Gasteiger partial charge on any atom is -0.382 e. The van der Waals surface area contributed by atoms with Crippen LogP contribution in [0.2, 0.25) is 0 Å². The number of alkyl halides is 1. The van der Waals surface area contributed by atoms with Crippen LogP contribution in [0.3, 0.4) is 0 Å². The molecule has 0 fully saturated rings. The molecule has 4 nitrogen and oxygen atoms in total. The molecular weight excluding hydrogens is 226 g/mol.